The molecule has 2 aromatic carbocycles. The van der Waals surface area contributed by atoms with Crippen LogP contribution < -0.4 is 15.4 Å². The van der Waals surface area contributed by atoms with Gasteiger partial charge in [0.25, 0.3) is 11.6 Å². The lowest BCUT2D eigenvalue weighted by atomic mass is 9.72. The van der Waals surface area contributed by atoms with Gasteiger partial charge in [0.1, 0.15) is 11.3 Å². The highest BCUT2D eigenvalue weighted by molar-refractivity contribution is 9.10. The number of halogens is 1. The second-order valence-corrected chi connectivity index (χ2v) is 10.5. The Kier molecular flexibility index (Phi) is 8.51. The molecule has 1 aliphatic carbocycles. The summed E-state index contributed by atoms with van der Waals surface area (Å²) >= 11 is 3.53. The lowest BCUT2D eigenvalue weighted by Gasteiger charge is -2.35. The molecule has 0 spiro atoms. The average Bonchev–Trinajstić information content (AvgIpc) is 2.89. The van der Waals surface area contributed by atoms with Gasteiger partial charge in [-0.25, -0.2) is 0 Å². The minimum absolute atomic E-state index is 0.0234. The van der Waals surface area contributed by atoms with Gasteiger partial charge in [-0.3, -0.25) is 19.7 Å². The number of rotatable bonds is 8. The molecule has 0 aromatic heterocycles. The Labute approximate surface area is 235 Å². The van der Waals surface area contributed by atoms with Gasteiger partial charge >= 0.3 is 0 Å². The zero-order valence-corrected chi connectivity index (χ0v) is 23.6. The van der Waals surface area contributed by atoms with Crippen molar-refractivity contribution in [1.82, 2.24) is 5.32 Å². The highest BCUT2D eigenvalue weighted by Gasteiger charge is 2.39. The quantitative estimate of drug-likeness (QED) is 0.263. The van der Waals surface area contributed by atoms with Crippen molar-refractivity contribution in [3.8, 4) is 11.8 Å². The number of nitro benzene ring substituents is 1. The first kappa shape index (κ1) is 28.0. The molecule has 0 fully saturated rings. The van der Waals surface area contributed by atoms with E-state index in [1.807, 2.05) is 6.92 Å². The highest BCUT2D eigenvalue weighted by Crippen LogP contribution is 2.46. The average molecular weight is 593 g/mol. The molecule has 2 unspecified atom stereocenters. The number of ether oxygens (including phenoxy) is 1. The number of allylic oxidation sites excluding steroid dienone is 4. The molecule has 202 valence electrons. The molecule has 0 radical (unpaired) electrons. The monoisotopic (exact) mass is 592 g/mol. The van der Waals surface area contributed by atoms with E-state index in [1.54, 1.807) is 25.1 Å². The molecule has 2 aromatic rings. The third-order valence-electron chi connectivity index (χ3n) is 7.02. The number of benzene rings is 2. The molecule has 2 aliphatic rings. The minimum Gasteiger partial charge on any atom is -0.492 e. The number of hydrogen-bond acceptors (Lipinski definition) is 7. The van der Waals surface area contributed by atoms with Crippen molar-refractivity contribution in [1.29, 1.82) is 5.26 Å². The van der Waals surface area contributed by atoms with Crippen molar-refractivity contribution < 1.29 is 19.2 Å². The van der Waals surface area contributed by atoms with E-state index in [1.165, 1.54) is 18.2 Å². The fraction of sp³-hybridized carbons (Fsp3) is 0.345. The van der Waals surface area contributed by atoms with Crippen LogP contribution in [-0.2, 0) is 4.79 Å². The SMILES string of the molecule is CCCC1CC(=O)C2=C(C1)NC(C)=C(C#N)C2c1cc(Br)c(NC(=O)c2ccccc2[N+](=O)[O-])c(OCC)c1. The van der Waals surface area contributed by atoms with Crippen molar-refractivity contribution in [2.75, 3.05) is 11.9 Å². The topological polar surface area (TPSA) is 134 Å². The normalized spacial score (nSPS) is 18.7. The van der Waals surface area contributed by atoms with E-state index in [-0.39, 0.29) is 29.6 Å². The van der Waals surface area contributed by atoms with E-state index in [0.717, 1.165) is 25.0 Å². The molecule has 1 heterocycles. The molecule has 39 heavy (non-hydrogen) atoms. The first-order chi connectivity index (χ1) is 18.7. The zero-order valence-electron chi connectivity index (χ0n) is 22.0. The number of carbonyl (C=O) groups excluding carboxylic acids is 2. The van der Waals surface area contributed by atoms with E-state index in [9.17, 15) is 25.0 Å². The molecular weight excluding hydrogens is 564 g/mol. The van der Waals surface area contributed by atoms with Crippen molar-refractivity contribution in [3.63, 3.8) is 0 Å². The Morgan fingerprint density at radius 2 is 2.03 bits per heavy atom. The van der Waals surface area contributed by atoms with Crippen molar-refractivity contribution in [2.45, 2.75) is 52.4 Å². The van der Waals surface area contributed by atoms with Gasteiger partial charge in [-0.05, 0) is 72.3 Å². The summed E-state index contributed by atoms with van der Waals surface area (Å²) in [5, 5.41) is 27.6. The Morgan fingerprint density at radius 3 is 2.69 bits per heavy atom. The second-order valence-electron chi connectivity index (χ2n) is 9.62. The van der Waals surface area contributed by atoms with Gasteiger partial charge in [0, 0.05) is 33.9 Å². The van der Waals surface area contributed by atoms with Crippen LogP contribution in [0.1, 0.15) is 68.3 Å². The number of nitrogens with zero attached hydrogens (tertiary/aromatic N) is 2. The Hall–Kier alpha value is -3.97. The van der Waals surface area contributed by atoms with E-state index in [4.69, 9.17) is 4.74 Å². The summed E-state index contributed by atoms with van der Waals surface area (Å²) in [6, 6.07) is 11.5. The molecule has 0 saturated carbocycles. The van der Waals surface area contributed by atoms with E-state index in [2.05, 4.69) is 39.6 Å². The number of hydrogen-bond donors (Lipinski definition) is 2. The van der Waals surface area contributed by atoms with E-state index >= 15 is 0 Å². The molecule has 0 saturated heterocycles. The number of nitrogens with one attached hydrogen (secondary N) is 2. The number of anilines is 1. The molecule has 1 amide bonds. The number of Topliss-reactive ketones (excluding diaryl/α,β-unsaturated/α-hetero) is 1. The molecule has 9 nitrogen and oxygen atoms in total. The van der Waals surface area contributed by atoms with Crippen LogP contribution in [0, 0.1) is 27.4 Å². The zero-order chi connectivity index (χ0) is 28.3. The fourth-order valence-corrected chi connectivity index (χ4v) is 5.94. The van der Waals surface area contributed by atoms with Gasteiger partial charge in [-0.2, -0.15) is 5.26 Å². The number of amides is 1. The first-order valence-electron chi connectivity index (χ1n) is 12.8. The van der Waals surface area contributed by atoms with Crippen LogP contribution in [-0.4, -0.2) is 23.2 Å². The summed E-state index contributed by atoms with van der Waals surface area (Å²) in [7, 11) is 0. The standard InChI is InChI=1S/C29H29BrN4O5/c1-4-8-17-11-22-27(24(35)12-17)26(20(15-31)16(3)32-22)18-13-21(30)28(25(14-18)39-5-2)33-29(36)19-9-6-7-10-23(19)34(37)38/h6-7,9-10,13-14,17,26,32H,4-5,8,11-12H2,1-3H3,(H,33,36). The smallest absolute Gasteiger partial charge is 0.282 e. The van der Waals surface area contributed by atoms with Crippen LogP contribution in [0.15, 0.2) is 63.4 Å². The minimum atomic E-state index is -0.665. The van der Waals surface area contributed by atoms with E-state index in [0.29, 0.717) is 44.7 Å². The number of para-hydroxylation sites is 1. The number of nitriles is 1. The summed E-state index contributed by atoms with van der Waals surface area (Å²) in [6.45, 7) is 6.02. The van der Waals surface area contributed by atoms with Gasteiger partial charge in [0.2, 0.25) is 0 Å². The number of nitro groups is 1. The molecule has 4 rings (SSSR count). The third-order valence-corrected chi connectivity index (χ3v) is 7.65. The van der Waals surface area contributed by atoms with Crippen LogP contribution in [0.5, 0.6) is 5.75 Å². The molecule has 2 N–H and O–H groups in total. The van der Waals surface area contributed by atoms with Crippen LogP contribution in [0.3, 0.4) is 0 Å². The van der Waals surface area contributed by atoms with Crippen molar-refractivity contribution in [2.24, 2.45) is 5.92 Å². The van der Waals surface area contributed by atoms with Crippen molar-refractivity contribution >= 4 is 39.0 Å². The summed E-state index contributed by atoms with van der Waals surface area (Å²) < 4.78 is 6.33. The number of carbonyl (C=O) groups is 2. The molecule has 1 aliphatic heterocycles. The van der Waals surface area contributed by atoms with Gasteiger partial charge < -0.3 is 15.4 Å². The molecule has 0 bridgehead atoms. The van der Waals surface area contributed by atoms with Crippen LogP contribution in [0.25, 0.3) is 0 Å². The first-order valence-corrected chi connectivity index (χ1v) is 13.6. The van der Waals surface area contributed by atoms with Gasteiger partial charge in [-0.1, -0.05) is 25.5 Å². The van der Waals surface area contributed by atoms with Crippen LogP contribution in [0.4, 0.5) is 11.4 Å². The molecule has 2 atom stereocenters. The van der Waals surface area contributed by atoms with Crippen LogP contribution >= 0.6 is 15.9 Å². The maximum Gasteiger partial charge on any atom is 0.282 e. The summed E-state index contributed by atoms with van der Waals surface area (Å²) in [5.74, 6) is -0.652. The van der Waals surface area contributed by atoms with Gasteiger partial charge in [0.15, 0.2) is 5.78 Å². The number of ketones is 1. The van der Waals surface area contributed by atoms with E-state index < -0.39 is 16.7 Å². The second kappa shape index (κ2) is 11.8. The summed E-state index contributed by atoms with van der Waals surface area (Å²) in [5.41, 5.74) is 3.16. The van der Waals surface area contributed by atoms with Gasteiger partial charge in [0.05, 0.1) is 34.8 Å². The lowest BCUT2D eigenvalue weighted by Crippen LogP contribution is -2.34. The molecular formula is C29H29BrN4O5. The Morgan fingerprint density at radius 1 is 1.28 bits per heavy atom. The van der Waals surface area contributed by atoms with Crippen LogP contribution in [0.2, 0.25) is 0 Å². The fourth-order valence-electron chi connectivity index (χ4n) is 5.38. The van der Waals surface area contributed by atoms with Crippen molar-refractivity contribution in [3.05, 3.63) is 84.7 Å². The summed E-state index contributed by atoms with van der Waals surface area (Å²) in [6.07, 6.45) is 3.13. The maximum absolute atomic E-state index is 13.4. The number of dihydropyridines is 1. The lowest BCUT2D eigenvalue weighted by molar-refractivity contribution is -0.385. The van der Waals surface area contributed by atoms with Gasteiger partial charge in [-0.15, -0.1) is 0 Å². The predicted octanol–water partition coefficient (Wildman–Crippen LogP) is 6.53. The third kappa shape index (κ3) is 5.59. The Bertz CT molecular complexity index is 1460. The molecule has 10 heteroatoms. The highest BCUT2D eigenvalue weighted by atomic mass is 79.9. The summed E-state index contributed by atoms with van der Waals surface area (Å²) in [4.78, 5) is 37.4. The Balaban J connectivity index is 1.79. The largest absolute Gasteiger partial charge is 0.492 e. The maximum atomic E-state index is 13.4. The predicted molar refractivity (Wildman–Crippen MR) is 150 cm³/mol.